The zero-order chi connectivity index (χ0) is 13.1. The zero-order valence-electron chi connectivity index (χ0n) is 10.3. The summed E-state index contributed by atoms with van der Waals surface area (Å²) in [6.07, 6.45) is 0. The Balaban J connectivity index is 1.74. The Kier molecular flexibility index (Phi) is 3.67. The van der Waals surface area contributed by atoms with Gasteiger partial charge in [0, 0.05) is 17.8 Å². The van der Waals surface area contributed by atoms with Crippen molar-refractivity contribution in [3.8, 4) is 0 Å². The van der Waals surface area contributed by atoms with Crippen molar-refractivity contribution in [3.05, 3.63) is 59.7 Å². The average Bonchev–Trinajstić information content (AvgIpc) is 2.89. The number of rotatable bonds is 4. The summed E-state index contributed by atoms with van der Waals surface area (Å²) < 4.78 is 4.42. The third kappa shape index (κ3) is 2.72. The smallest absolute Gasteiger partial charge is 0.117 e. The van der Waals surface area contributed by atoms with Crippen LogP contribution in [0.1, 0.15) is 11.1 Å². The van der Waals surface area contributed by atoms with E-state index in [2.05, 4.69) is 40.0 Å². The highest BCUT2D eigenvalue weighted by atomic mass is 35.5. The van der Waals surface area contributed by atoms with Crippen molar-refractivity contribution in [1.29, 1.82) is 0 Å². The van der Waals surface area contributed by atoms with E-state index in [1.807, 2.05) is 18.2 Å². The van der Waals surface area contributed by atoms with Crippen LogP contribution in [0.5, 0.6) is 0 Å². The van der Waals surface area contributed by atoms with Crippen molar-refractivity contribution in [2.45, 2.75) is 12.4 Å². The third-order valence-corrected chi connectivity index (χ3v) is 4.16. The summed E-state index contributed by atoms with van der Waals surface area (Å²) in [6.45, 7) is 0.800. The minimum atomic E-state index is 0.563. The van der Waals surface area contributed by atoms with E-state index in [9.17, 15) is 0 Å². The highest BCUT2D eigenvalue weighted by Crippen LogP contribution is 2.27. The molecule has 0 spiro atoms. The van der Waals surface area contributed by atoms with E-state index < -0.39 is 0 Å². The van der Waals surface area contributed by atoms with Gasteiger partial charge >= 0.3 is 0 Å². The van der Waals surface area contributed by atoms with E-state index in [1.54, 1.807) is 0 Å². The lowest BCUT2D eigenvalue weighted by molar-refractivity contribution is 1.16. The second-order valence-electron chi connectivity index (χ2n) is 4.33. The Bertz CT molecular complexity index is 676. The number of nitrogens with one attached hydrogen (secondary N) is 1. The van der Waals surface area contributed by atoms with Gasteiger partial charge < -0.3 is 5.32 Å². The molecular formula is C15H13ClN2S. The molecule has 0 aliphatic rings. The molecule has 0 saturated heterocycles. The van der Waals surface area contributed by atoms with Crippen LogP contribution in [-0.4, -0.2) is 4.37 Å². The molecule has 1 N–H and O–H groups in total. The van der Waals surface area contributed by atoms with Gasteiger partial charge in [-0.3, -0.25) is 0 Å². The maximum Gasteiger partial charge on any atom is 0.117 e. The van der Waals surface area contributed by atoms with Crippen LogP contribution in [0.4, 0.5) is 5.00 Å². The normalized spacial score (nSPS) is 10.8. The number of fused-ring (bicyclic) bond motifs is 1. The molecule has 0 atom stereocenters. The minimum absolute atomic E-state index is 0.563. The Morgan fingerprint density at radius 2 is 1.74 bits per heavy atom. The lowest BCUT2D eigenvalue weighted by Crippen LogP contribution is -1.97. The number of nitrogens with zero attached hydrogens (tertiary/aromatic N) is 1. The van der Waals surface area contributed by atoms with Crippen LogP contribution in [-0.2, 0) is 12.4 Å². The van der Waals surface area contributed by atoms with E-state index in [1.165, 1.54) is 22.5 Å². The summed E-state index contributed by atoms with van der Waals surface area (Å²) in [4.78, 5) is 0. The summed E-state index contributed by atoms with van der Waals surface area (Å²) in [6, 6.07) is 16.5. The Morgan fingerprint density at radius 3 is 2.53 bits per heavy atom. The van der Waals surface area contributed by atoms with Gasteiger partial charge in [0.1, 0.15) is 5.00 Å². The van der Waals surface area contributed by atoms with Crippen LogP contribution in [0.3, 0.4) is 0 Å². The first-order valence-corrected chi connectivity index (χ1v) is 7.39. The molecule has 0 bridgehead atoms. The van der Waals surface area contributed by atoms with Crippen LogP contribution in [0.25, 0.3) is 10.9 Å². The standard InChI is InChI=1S/C15H13ClN2S/c16-9-11-5-7-12(8-6-11)10-17-15-13-3-1-2-4-14(13)18-19-15/h1-8,17H,9-10H2. The van der Waals surface area contributed by atoms with E-state index in [0.717, 1.165) is 22.6 Å². The minimum Gasteiger partial charge on any atom is -0.371 e. The summed E-state index contributed by atoms with van der Waals surface area (Å²) in [5, 5.41) is 5.75. The van der Waals surface area contributed by atoms with Crippen molar-refractivity contribution in [2.75, 3.05) is 5.32 Å². The molecule has 2 nitrogen and oxygen atoms in total. The molecule has 2 aromatic carbocycles. The summed E-state index contributed by atoms with van der Waals surface area (Å²) in [7, 11) is 0. The van der Waals surface area contributed by atoms with Crippen molar-refractivity contribution in [3.63, 3.8) is 0 Å². The molecule has 0 aliphatic carbocycles. The van der Waals surface area contributed by atoms with Gasteiger partial charge in [-0.2, -0.15) is 4.37 Å². The molecule has 0 radical (unpaired) electrons. The lowest BCUT2D eigenvalue weighted by Gasteiger charge is -2.05. The predicted octanol–water partition coefficient (Wildman–Crippen LogP) is 4.65. The predicted molar refractivity (Wildman–Crippen MR) is 82.9 cm³/mol. The first kappa shape index (κ1) is 12.5. The Hall–Kier alpha value is -1.58. The first-order valence-electron chi connectivity index (χ1n) is 6.09. The highest BCUT2D eigenvalue weighted by molar-refractivity contribution is 7.11. The molecule has 3 aromatic rings. The molecule has 0 saturated carbocycles. The fraction of sp³-hybridized carbons (Fsp3) is 0.133. The zero-order valence-corrected chi connectivity index (χ0v) is 11.8. The second-order valence-corrected chi connectivity index (χ2v) is 5.37. The topological polar surface area (TPSA) is 24.9 Å². The van der Waals surface area contributed by atoms with Crippen LogP contribution in [0.2, 0.25) is 0 Å². The van der Waals surface area contributed by atoms with Crippen molar-refractivity contribution < 1.29 is 0 Å². The molecule has 0 unspecified atom stereocenters. The third-order valence-electron chi connectivity index (χ3n) is 3.01. The molecule has 3 rings (SSSR count). The van der Waals surface area contributed by atoms with Gasteiger partial charge in [0.25, 0.3) is 0 Å². The number of hydrogen-bond acceptors (Lipinski definition) is 3. The molecule has 1 aromatic heterocycles. The molecule has 19 heavy (non-hydrogen) atoms. The van der Waals surface area contributed by atoms with E-state index >= 15 is 0 Å². The van der Waals surface area contributed by atoms with Crippen LogP contribution in [0.15, 0.2) is 48.5 Å². The highest BCUT2D eigenvalue weighted by Gasteiger charge is 2.04. The molecule has 4 heteroatoms. The maximum absolute atomic E-state index is 5.78. The molecule has 96 valence electrons. The van der Waals surface area contributed by atoms with E-state index in [-0.39, 0.29) is 0 Å². The second kappa shape index (κ2) is 5.59. The number of alkyl halides is 1. The summed E-state index contributed by atoms with van der Waals surface area (Å²) in [5.74, 6) is 0.563. The SMILES string of the molecule is ClCc1ccc(CNc2snc3ccccc23)cc1. The lowest BCUT2D eigenvalue weighted by atomic mass is 10.1. The molecule has 0 amide bonds. The van der Waals surface area contributed by atoms with Crippen LogP contribution < -0.4 is 5.32 Å². The van der Waals surface area contributed by atoms with Gasteiger partial charge in [0.05, 0.1) is 5.52 Å². The van der Waals surface area contributed by atoms with Gasteiger partial charge in [-0.25, -0.2) is 0 Å². The summed E-state index contributed by atoms with van der Waals surface area (Å²) >= 11 is 7.29. The van der Waals surface area contributed by atoms with Crippen molar-refractivity contribution in [2.24, 2.45) is 0 Å². The van der Waals surface area contributed by atoms with Gasteiger partial charge in [-0.05, 0) is 34.8 Å². The quantitative estimate of drug-likeness (QED) is 0.707. The molecular weight excluding hydrogens is 276 g/mol. The maximum atomic E-state index is 5.78. The van der Waals surface area contributed by atoms with Gasteiger partial charge in [-0.1, -0.05) is 36.4 Å². The van der Waals surface area contributed by atoms with E-state index in [0.29, 0.717) is 5.88 Å². The van der Waals surface area contributed by atoms with Gasteiger partial charge in [-0.15, -0.1) is 11.6 Å². The number of benzene rings is 2. The van der Waals surface area contributed by atoms with E-state index in [4.69, 9.17) is 11.6 Å². The Labute approximate surface area is 121 Å². The average molecular weight is 289 g/mol. The van der Waals surface area contributed by atoms with Gasteiger partial charge in [0.2, 0.25) is 0 Å². The fourth-order valence-electron chi connectivity index (χ4n) is 1.95. The summed E-state index contributed by atoms with van der Waals surface area (Å²) in [5.41, 5.74) is 3.44. The molecule has 0 aliphatic heterocycles. The van der Waals surface area contributed by atoms with Crippen LogP contribution in [0, 0.1) is 0 Å². The van der Waals surface area contributed by atoms with Crippen molar-refractivity contribution in [1.82, 2.24) is 4.37 Å². The number of halogens is 1. The Morgan fingerprint density at radius 1 is 1.00 bits per heavy atom. The first-order chi connectivity index (χ1) is 9.36. The number of hydrogen-bond donors (Lipinski definition) is 1. The number of anilines is 1. The fourth-order valence-corrected chi connectivity index (χ4v) is 2.88. The van der Waals surface area contributed by atoms with Crippen LogP contribution >= 0.6 is 23.1 Å². The van der Waals surface area contributed by atoms with Crippen molar-refractivity contribution >= 4 is 39.0 Å². The number of aromatic nitrogens is 1. The molecule has 1 heterocycles. The monoisotopic (exact) mass is 288 g/mol. The molecule has 0 fully saturated rings. The van der Waals surface area contributed by atoms with Gasteiger partial charge in [0.15, 0.2) is 0 Å². The largest absolute Gasteiger partial charge is 0.371 e.